The molecule has 0 N–H and O–H groups in total. The molecule has 1 heteroatoms. The molecule has 0 aromatic carbocycles. The van der Waals surface area contributed by atoms with E-state index in [-0.39, 0.29) is 5.41 Å². The van der Waals surface area contributed by atoms with Gasteiger partial charge in [-0.15, -0.1) is 0 Å². The maximum atomic E-state index is 11.8. The van der Waals surface area contributed by atoms with Crippen LogP contribution in [0, 0.1) is 5.41 Å². The van der Waals surface area contributed by atoms with Crippen LogP contribution in [0.25, 0.3) is 0 Å². The molecular weight excluding hydrogens is 256 g/mol. The maximum Gasteiger partial charge on any atom is 0.138 e. The fraction of sp³-hybridized carbons (Fsp3) is 0.950. The van der Waals surface area contributed by atoms with Gasteiger partial charge in [0.2, 0.25) is 0 Å². The summed E-state index contributed by atoms with van der Waals surface area (Å²) in [5, 5.41) is 0. The van der Waals surface area contributed by atoms with Gasteiger partial charge in [0.05, 0.1) is 0 Å². The molecule has 0 aromatic rings. The molecule has 0 aromatic heterocycles. The van der Waals surface area contributed by atoms with Crippen molar-refractivity contribution in [3.05, 3.63) is 0 Å². The van der Waals surface area contributed by atoms with Gasteiger partial charge in [-0.25, -0.2) is 0 Å². The number of rotatable bonds is 14. The van der Waals surface area contributed by atoms with Gasteiger partial charge in [0.25, 0.3) is 0 Å². The summed E-state index contributed by atoms with van der Waals surface area (Å²) in [4.78, 5) is 11.8. The summed E-state index contributed by atoms with van der Waals surface area (Å²) in [6.07, 6.45) is 18.5. The lowest BCUT2D eigenvalue weighted by Crippen LogP contribution is -2.19. The second-order valence-electron chi connectivity index (χ2n) is 7.67. The predicted molar refractivity (Wildman–Crippen MR) is 94.8 cm³/mol. The average Bonchev–Trinajstić information content (AvgIpc) is 2.42. The summed E-state index contributed by atoms with van der Waals surface area (Å²) in [5.41, 5.74) is -0.142. The number of hydrogen-bond acceptors (Lipinski definition) is 1. The number of carbonyl (C=O) groups is 1. The maximum absolute atomic E-state index is 11.8. The number of hydrogen-bond donors (Lipinski definition) is 0. The van der Waals surface area contributed by atoms with Gasteiger partial charge in [-0.1, -0.05) is 105 Å². The van der Waals surface area contributed by atoms with Crippen molar-refractivity contribution < 1.29 is 4.79 Å². The molecule has 0 saturated heterocycles. The fourth-order valence-electron chi connectivity index (χ4n) is 2.68. The summed E-state index contributed by atoms with van der Waals surface area (Å²) < 4.78 is 0. The van der Waals surface area contributed by atoms with Crippen LogP contribution in [0.3, 0.4) is 0 Å². The minimum Gasteiger partial charge on any atom is -0.299 e. The Labute approximate surface area is 134 Å². The Bertz CT molecular complexity index is 237. The molecule has 1 nitrogen and oxygen atoms in total. The molecule has 0 bridgehead atoms. The van der Waals surface area contributed by atoms with Crippen molar-refractivity contribution in [1.82, 2.24) is 0 Å². The third-order valence-corrected chi connectivity index (χ3v) is 4.34. The van der Waals surface area contributed by atoms with E-state index in [4.69, 9.17) is 0 Å². The molecule has 0 heterocycles. The van der Waals surface area contributed by atoms with Gasteiger partial charge in [-0.3, -0.25) is 4.79 Å². The lowest BCUT2D eigenvalue weighted by Gasteiger charge is -2.16. The number of Topliss-reactive ketones (excluding diaryl/α,β-unsaturated/α-hetero) is 1. The first-order valence-corrected chi connectivity index (χ1v) is 9.51. The van der Waals surface area contributed by atoms with Crippen LogP contribution in [0.2, 0.25) is 0 Å². The Hall–Kier alpha value is -0.330. The van der Waals surface area contributed by atoms with Gasteiger partial charge in [0.15, 0.2) is 0 Å². The van der Waals surface area contributed by atoms with Crippen LogP contribution in [0.15, 0.2) is 0 Å². The Morgan fingerprint density at radius 2 is 0.952 bits per heavy atom. The number of ketones is 1. The van der Waals surface area contributed by atoms with Crippen LogP contribution in [0.4, 0.5) is 0 Å². The summed E-state index contributed by atoms with van der Waals surface area (Å²) in [6, 6.07) is 0. The highest BCUT2D eigenvalue weighted by molar-refractivity contribution is 5.83. The van der Waals surface area contributed by atoms with E-state index in [9.17, 15) is 4.79 Å². The Morgan fingerprint density at radius 3 is 1.29 bits per heavy atom. The molecule has 0 spiro atoms. The molecular formula is C20H40O. The van der Waals surface area contributed by atoms with Gasteiger partial charge < -0.3 is 0 Å². The molecule has 0 aliphatic carbocycles. The quantitative estimate of drug-likeness (QED) is 0.313. The van der Waals surface area contributed by atoms with E-state index in [1.54, 1.807) is 0 Å². The minimum atomic E-state index is -0.142. The lowest BCUT2D eigenvalue weighted by molar-refractivity contribution is -0.126. The van der Waals surface area contributed by atoms with E-state index < -0.39 is 0 Å². The van der Waals surface area contributed by atoms with E-state index >= 15 is 0 Å². The van der Waals surface area contributed by atoms with E-state index in [1.165, 1.54) is 77.0 Å². The monoisotopic (exact) mass is 296 g/mol. The molecule has 21 heavy (non-hydrogen) atoms. The molecule has 0 rings (SSSR count). The van der Waals surface area contributed by atoms with E-state index in [0.29, 0.717) is 5.78 Å². The molecule has 0 atom stereocenters. The predicted octanol–water partition coefficient (Wildman–Crippen LogP) is 7.08. The first-order chi connectivity index (χ1) is 9.98. The Kier molecular flexibility index (Phi) is 13.1. The zero-order valence-corrected chi connectivity index (χ0v) is 15.3. The van der Waals surface area contributed by atoms with Crippen molar-refractivity contribution in [2.45, 2.75) is 118 Å². The summed E-state index contributed by atoms with van der Waals surface area (Å²) in [5.74, 6) is 0.422. The van der Waals surface area contributed by atoms with Crippen LogP contribution >= 0.6 is 0 Å². The van der Waals surface area contributed by atoms with Crippen LogP contribution in [-0.2, 0) is 4.79 Å². The number of unbranched alkanes of at least 4 members (excludes halogenated alkanes) is 12. The van der Waals surface area contributed by atoms with Crippen LogP contribution in [0.1, 0.15) is 118 Å². The normalized spacial score (nSPS) is 11.8. The summed E-state index contributed by atoms with van der Waals surface area (Å²) in [6.45, 7) is 8.35. The molecule has 0 amide bonds. The first-order valence-electron chi connectivity index (χ1n) is 9.51. The molecule has 0 aliphatic rings. The van der Waals surface area contributed by atoms with Crippen molar-refractivity contribution in [2.24, 2.45) is 5.41 Å². The first kappa shape index (κ1) is 20.7. The average molecular weight is 297 g/mol. The highest BCUT2D eigenvalue weighted by atomic mass is 16.1. The van der Waals surface area contributed by atoms with Gasteiger partial charge in [-0.05, 0) is 6.42 Å². The smallest absolute Gasteiger partial charge is 0.138 e. The fourth-order valence-corrected chi connectivity index (χ4v) is 2.68. The van der Waals surface area contributed by atoms with Crippen molar-refractivity contribution >= 4 is 5.78 Å². The van der Waals surface area contributed by atoms with Gasteiger partial charge in [-0.2, -0.15) is 0 Å². The topological polar surface area (TPSA) is 17.1 Å². The standard InChI is InChI=1S/C20H40O/c1-5-6-7-8-9-10-11-12-13-14-15-16-17-18-19(21)20(2,3)4/h5-18H2,1-4H3. The second-order valence-corrected chi connectivity index (χ2v) is 7.67. The van der Waals surface area contributed by atoms with Crippen LogP contribution in [0.5, 0.6) is 0 Å². The highest BCUT2D eigenvalue weighted by Gasteiger charge is 2.19. The van der Waals surface area contributed by atoms with Crippen molar-refractivity contribution in [3.63, 3.8) is 0 Å². The molecule has 0 fully saturated rings. The third kappa shape index (κ3) is 14.4. The zero-order chi connectivity index (χ0) is 16.0. The van der Waals surface area contributed by atoms with E-state index in [1.807, 2.05) is 20.8 Å². The molecule has 0 saturated carbocycles. The van der Waals surface area contributed by atoms with Gasteiger partial charge in [0, 0.05) is 11.8 Å². The zero-order valence-electron chi connectivity index (χ0n) is 15.3. The number of carbonyl (C=O) groups excluding carboxylic acids is 1. The van der Waals surface area contributed by atoms with Crippen molar-refractivity contribution in [1.29, 1.82) is 0 Å². The molecule has 0 radical (unpaired) electrons. The van der Waals surface area contributed by atoms with Gasteiger partial charge in [0.1, 0.15) is 5.78 Å². The van der Waals surface area contributed by atoms with E-state index in [0.717, 1.165) is 12.8 Å². The Morgan fingerprint density at radius 1 is 0.619 bits per heavy atom. The minimum absolute atomic E-state index is 0.142. The van der Waals surface area contributed by atoms with Crippen LogP contribution in [-0.4, -0.2) is 5.78 Å². The molecule has 126 valence electrons. The van der Waals surface area contributed by atoms with Crippen LogP contribution < -0.4 is 0 Å². The van der Waals surface area contributed by atoms with Crippen molar-refractivity contribution in [3.8, 4) is 0 Å². The van der Waals surface area contributed by atoms with Crippen molar-refractivity contribution in [2.75, 3.05) is 0 Å². The second kappa shape index (κ2) is 13.3. The summed E-state index contributed by atoms with van der Waals surface area (Å²) >= 11 is 0. The molecule has 0 unspecified atom stereocenters. The van der Waals surface area contributed by atoms with E-state index in [2.05, 4.69) is 6.92 Å². The highest BCUT2D eigenvalue weighted by Crippen LogP contribution is 2.19. The third-order valence-electron chi connectivity index (χ3n) is 4.34. The molecule has 0 aliphatic heterocycles. The SMILES string of the molecule is CCCCCCCCCCCCCCCC(=O)C(C)(C)C. The largest absolute Gasteiger partial charge is 0.299 e. The summed E-state index contributed by atoms with van der Waals surface area (Å²) in [7, 11) is 0. The lowest BCUT2D eigenvalue weighted by atomic mass is 9.88. The Balaban J connectivity index is 3.14. The van der Waals surface area contributed by atoms with Gasteiger partial charge >= 0.3 is 0 Å².